The number of carbonyl (C=O) groups excluding carboxylic acids is 1. The van der Waals surface area contributed by atoms with Crippen molar-refractivity contribution in [1.82, 2.24) is 5.32 Å². The van der Waals surface area contributed by atoms with E-state index in [1.54, 1.807) is 0 Å². The predicted molar refractivity (Wildman–Crippen MR) is 77.0 cm³/mol. The topological polar surface area (TPSA) is 29.1 Å². The van der Waals surface area contributed by atoms with Crippen LogP contribution in [0.25, 0.3) is 0 Å². The average Bonchev–Trinajstić information content (AvgIpc) is 2.30. The lowest BCUT2D eigenvalue weighted by Crippen LogP contribution is -2.45. The maximum absolute atomic E-state index is 12.3. The summed E-state index contributed by atoms with van der Waals surface area (Å²) in [7, 11) is 0. The van der Waals surface area contributed by atoms with Gasteiger partial charge in [-0.15, -0.1) is 11.6 Å². The van der Waals surface area contributed by atoms with E-state index < -0.39 is 0 Å². The largest absolute Gasteiger partial charge is 0.351 e. The maximum atomic E-state index is 12.3. The van der Waals surface area contributed by atoms with Crippen molar-refractivity contribution < 1.29 is 4.79 Å². The summed E-state index contributed by atoms with van der Waals surface area (Å²) >= 11 is 5.75. The van der Waals surface area contributed by atoms with Crippen LogP contribution in [-0.4, -0.2) is 17.3 Å². The summed E-state index contributed by atoms with van der Waals surface area (Å²) in [6, 6.07) is 9.90. The first-order valence-electron chi connectivity index (χ1n) is 6.43. The lowest BCUT2D eigenvalue weighted by atomic mass is 9.93. The molecular formula is C15H22ClNO. The fraction of sp³-hybridized carbons (Fsp3) is 0.533. The Balaban J connectivity index is 2.75. The molecule has 1 N–H and O–H groups in total. The predicted octanol–water partition coefficient (Wildman–Crippen LogP) is 3.70. The lowest BCUT2D eigenvalue weighted by molar-refractivity contribution is -0.124. The van der Waals surface area contributed by atoms with E-state index in [1.165, 1.54) is 0 Å². The molecule has 0 aliphatic rings. The van der Waals surface area contributed by atoms with E-state index >= 15 is 0 Å². The van der Waals surface area contributed by atoms with E-state index in [4.69, 9.17) is 11.6 Å². The first kappa shape index (κ1) is 15.0. The fourth-order valence-corrected chi connectivity index (χ4v) is 2.45. The van der Waals surface area contributed by atoms with E-state index in [1.807, 2.05) is 51.1 Å². The molecule has 0 saturated heterocycles. The molecule has 2 nitrogen and oxygen atoms in total. The van der Waals surface area contributed by atoms with Crippen LogP contribution in [0.2, 0.25) is 0 Å². The monoisotopic (exact) mass is 267 g/mol. The number of halogens is 1. The highest BCUT2D eigenvalue weighted by atomic mass is 35.5. The quantitative estimate of drug-likeness (QED) is 0.783. The number of benzene rings is 1. The van der Waals surface area contributed by atoms with Crippen LogP contribution in [0.5, 0.6) is 0 Å². The van der Waals surface area contributed by atoms with Crippen LogP contribution in [0.4, 0.5) is 0 Å². The molecule has 0 bridgehead atoms. The fourth-order valence-electron chi connectivity index (χ4n) is 1.98. The van der Waals surface area contributed by atoms with E-state index in [0.29, 0.717) is 5.88 Å². The Morgan fingerprint density at radius 1 is 1.33 bits per heavy atom. The van der Waals surface area contributed by atoms with Crippen molar-refractivity contribution in [2.45, 2.75) is 45.1 Å². The van der Waals surface area contributed by atoms with E-state index in [-0.39, 0.29) is 17.4 Å². The molecule has 1 rings (SSSR count). The zero-order valence-corrected chi connectivity index (χ0v) is 12.1. The molecule has 0 spiro atoms. The van der Waals surface area contributed by atoms with Gasteiger partial charge in [-0.25, -0.2) is 0 Å². The Labute approximate surface area is 115 Å². The highest BCUT2D eigenvalue weighted by Crippen LogP contribution is 2.21. The summed E-state index contributed by atoms with van der Waals surface area (Å²) in [4.78, 5) is 12.3. The van der Waals surface area contributed by atoms with Crippen LogP contribution in [0, 0.1) is 0 Å². The second-order valence-corrected chi connectivity index (χ2v) is 5.56. The number of hydrogen-bond donors (Lipinski definition) is 1. The van der Waals surface area contributed by atoms with Gasteiger partial charge in [-0.3, -0.25) is 4.79 Å². The third kappa shape index (κ3) is 4.34. The molecular weight excluding hydrogens is 246 g/mol. The van der Waals surface area contributed by atoms with E-state index in [9.17, 15) is 4.79 Å². The van der Waals surface area contributed by atoms with Crippen LogP contribution in [-0.2, 0) is 4.79 Å². The van der Waals surface area contributed by atoms with E-state index in [2.05, 4.69) is 5.32 Å². The molecule has 0 aliphatic carbocycles. The SMILES string of the molecule is CCC(C(=O)NC(C)(C)CCCl)c1ccccc1. The zero-order valence-electron chi connectivity index (χ0n) is 11.4. The van der Waals surface area contributed by atoms with Crippen molar-refractivity contribution in [2.75, 3.05) is 5.88 Å². The molecule has 0 aromatic heterocycles. The highest BCUT2D eigenvalue weighted by molar-refractivity contribution is 6.17. The van der Waals surface area contributed by atoms with Gasteiger partial charge in [-0.1, -0.05) is 37.3 Å². The van der Waals surface area contributed by atoms with Gasteiger partial charge in [0.05, 0.1) is 5.92 Å². The smallest absolute Gasteiger partial charge is 0.227 e. The second kappa shape index (κ2) is 6.79. The Morgan fingerprint density at radius 3 is 2.44 bits per heavy atom. The molecule has 0 heterocycles. The summed E-state index contributed by atoms with van der Waals surface area (Å²) in [5, 5.41) is 3.08. The van der Waals surface area contributed by atoms with E-state index in [0.717, 1.165) is 18.4 Å². The molecule has 0 radical (unpaired) electrons. The molecule has 18 heavy (non-hydrogen) atoms. The number of hydrogen-bond acceptors (Lipinski definition) is 1. The number of nitrogens with one attached hydrogen (secondary N) is 1. The Kier molecular flexibility index (Phi) is 5.67. The summed E-state index contributed by atoms with van der Waals surface area (Å²) < 4.78 is 0. The lowest BCUT2D eigenvalue weighted by Gasteiger charge is -2.28. The highest BCUT2D eigenvalue weighted by Gasteiger charge is 2.25. The summed E-state index contributed by atoms with van der Waals surface area (Å²) in [6.45, 7) is 6.04. The Bertz CT molecular complexity index is 375. The minimum atomic E-state index is -0.249. The Morgan fingerprint density at radius 2 is 1.94 bits per heavy atom. The molecule has 3 heteroatoms. The minimum Gasteiger partial charge on any atom is -0.351 e. The zero-order chi connectivity index (χ0) is 13.6. The molecule has 1 amide bonds. The van der Waals surface area contributed by atoms with Gasteiger partial charge in [0.25, 0.3) is 0 Å². The maximum Gasteiger partial charge on any atom is 0.227 e. The van der Waals surface area contributed by atoms with Crippen molar-refractivity contribution in [2.24, 2.45) is 0 Å². The van der Waals surface area contributed by atoms with Gasteiger partial charge in [0.2, 0.25) is 5.91 Å². The molecule has 1 aromatic rings. The summed E-state index contributed by atoms with van der Waals surface area (Å²) in [5.74, 6) is 0.551. The molecule has 100 valence electrons. The summed E-state index contributed by atoms with van der Waals surface area (Å²) in [6.07, 6.45) is 1.57. The third-order valence-electron chi connectivity index (χ3n) is 3.11. The van der Waals surface area contributed by atoms with Crippen LogP contribution in [0.3, 0.4) is 0 Å². The number of amides is 1. The van der Waals surface area contributed by atoms with Crippen LogP contribution >= 0.6 is 11.6 Å². The summed E-state index contributed by atoms with van der Waals surface area (Å²) in [5.41, 5.74) is 0.820. The van der Waals surface area contributed by atoms with Crippen molar-refractivity contribution >= 4 is 17.5 Å². The van der Waals surface area contributed by atoms with Crippen molar-refractivity contribution in [3.05, 3.63) is 35.9 Å². The average molecular weight is 268 g/mol. The normalized spacial score (nSPS) is 13.1. The standard InChI is InChI=1S/C15H22ClNO/c1-4-13(12-8-6-5-7-9-12)14(18)17-15(2,3)10-11-16/h5-9,13H,4,10-11H2,1-3H3,(H,17,18). The molecule has 1 atom stereocenters. The molecule has 0 fully saturated rings. The first-order chi connectivity index (χ1) is 8.50. The van der Waals surface area contributed by atoms with Gasteiger partial charge in [-0.2, -0.15) is 0 Å². The second-order valence-electron chi connectivity index (χ2n) is 5.18. The minimum absolute atomic E-state index is 0.0822. The van der Waals surface area contributed by atoms with Gasteiger partial charge in [0, 0.05) is 11.4 Å². The van der Waals surface area contributed by atoms with Crippen molar-refractivity contribution in [1.29, 1.82) is 0 Å². The van der Waals surface area contributed by atoms with Gasteiger partial charge in [0.15, 0.2) is 0 Å². The number of rotatable bonds is 6. The van der Waals surface area contributed by atoms with Gasteiger partial charge < -0.3 is 5.32 Å². The molecule has 0 aliphatic heterocycles. The van der Waals surface area contributed by atoms with Gasteiger partial charge >= 0.3 is 0 Å². The van der Waals surface area contributed by atoms with Crippen LogP contribution < -0.4 is 5.32 Å². The van der Waals surface area contributed by atoms with Crippen LogP contribution in [0.1, 0.15) is 45.1 Å². The molecule has 1 unspecified atom stereocenters. The van der Waals surface area contributed by atoms with Crippen molar-refractivity contribution in [3.8, 4) is 0 Å². The van der Waals surface area contributed by atoms with Gasteiger partial charge in [-0.05, 0) is 32.3 Å². The van der Waals surface area contributed by atoms with Crippen LogP contribution in [0.15, 0.2) is 30.3 Å². The third-order valence-corrected chi connectivity index (χ3v) is 3.30. The number of carbonyl (C=O) groups is 1. The van der Waals surface area contributed by atoms with Gasteiger partial charge in [0.1, 0.15) is 0 Å². The first-order valence-corrected chi connectivity index (χ1v) is 6.96. The number of alkyl halides is 1. The van der Waals surface area contributed by atoms with Crippen molar-refractivity contribution in [3.63, 3.8) is 0 Å². The molecule has 0 saturated carbocycles. The Hall–Kier alpha value is -1.02. The molecule has 1 aromatic carbocycles.